The number of amides is 2. The predicted molar refractivity (Wildman–Crippen MR) is 116 cm³/mol. The average molecular weight is 450 g/mol. The van der Waals surface area contributed by atoms with Crippen molar-refractivity contribution in [1.29, 1.82) is 0 Å². The standard InChI is InChI=1S/C21H25Cl2N5O2/c22-16-5-4-15(12-17(16)23)14-27-10-11-28-19(21(27)30)13-18(25-28)20(29)24-6-9-26-7-2-1-3-8-26/h4-5,12-13H,1-3,6-11,14H2,(H,24,29). The Balaban J connectivity index is 1.36. The van der Waals surface area contributed by atoms with E-state index in [0.29, 0.717) is 41.9 Å². The van der Waals surface area contributed by atoms with Gasteiger partial charge in [-0.15, -0.1) is 0 Å². The smallest absolute Gasteiger partial charge is 0.272 e. The molecule has 0 radical (unpaired) electrons. The van der Waals surface area contributed by atoms with E-state index in [-0.39, 0.29) is 17.5 Å². The van der Waals surface area contributed by atoms with Gasteiger partial charge in [0.05, 0.1) is 16.6 Å². The number of carbonyl (C=O) groups is 2. The first-order chi connectivity index (χ1) is 14.5. The first kappa shape index (κ1) is 21.2. The maximum Gasteiger partial charge on any atom is 0.272 e. The fourth-order valence-electron chi connectivity index (χ4n) is 3.96. The summed E-state index contributed by atoms with van der Waals surface area (Å²) >= 11 is 12.0. The Hall–Kier alpha value is -2.09. The molecule has 0 atom stereocenters. The molecule has 2 amide bonds. The molecule has 0 unspecified atom stereocenters. The molecule has 3 heterocycles. The number of rotatable bonds is 6. The van der Waals surface area contributed by atoms with Crippen molar-refractivity contribution in [3.63, 3.8) is 0 Å². The van der Waals surface area contributed by atoms with Gasteiger partial charge in [-0.1, -0.05) is 35.7 Å². The Morgan fingerprint density at radius 2 is 1.83 bits per heavy atom. The SMILES string of the molecule is O=C(NCCN1CCCCC1)c1cc2n(n1)CCN(Cc1ccc(Cl)c(Cl)c1)C2=O. The van der Waals surface area contributed by atoms with E-state index in [1.165, 1.54) is 19.3 Å². The zero-order valence-electron chi connectivity index (χ0n) is 16.7. The number of carbonyl (C=O) groups excluding carboxylic acids is 2. The van der Waals surface area contributed by atoms with Crippen LogP contribution in [0.25, 0.3) is 0 Å². The van der Waals surface area contributed by atoms with E-state index < -0.39 is 0 Å². The van der Waals surface area contributed by atoms with Crippen LogP contribution in [-0.4, -0.2) is 64.1 Å². The molecule has 2 aromatic rings. The van der Waals surface area contributed by atoms with Crippen LogP contribution in [0.15, 0.2) is 24.3 Å². The van der Waals surface area contributed by atoms with Crippen LogP contribution < -0.4 is 5.32 Å². The van der Waals surface area contributed by atoms with Crippen LogP contribution in [0.3, 0.4) is 0 Å². The normalized spacial score (nSPS) is 17.1. The summed E-state index contributed by atoms with van der Waals surface area (Å²) in [6.45, 7) is 5.11. The highest BCUT2D eigenvalue weighted by molar-refractivity contribution is 6.42. The van der Waals surface area contributed by atoms with Crippen LogP contribution in [0.2, 0.25) is 10.0 Å². The molecular weight excluding hydrogens is 425 g/mol. The Morgan fingerprint density at radius 1 is 1.03 bits per heavy atom. The second-order valence-electron chi connectivity index (χ2n) is 7.77. The molecule has 2 aliphatic heterocycles. The topological polar surface area (TPSA) is 70.5 Å². The van der Waals surface area contributed by atoms with E-state index >= 15 is 0 Å². The largest absolute Gasteiger partial charge is 0.349 e. The first-order valence-corrected chi connectivity index (χ1v) is 11.1. The number of hydrogen-bond acceptors (Lipinski definition) is 4. The molecule has 160 valence electrons. The predicted octanol–water partition coefficient (Wildman–Crippen LogP) is 3.06. The average Bonchev–Trinajstić information content (AvgIpc) is 3.19. The number of nitrogens with one attached hydrogen (secondary N) is 1. The zero-order valence-corrected chi connectivity index (χ0v) is 18.3. The fraction of sp³-hybridized carbons (Fsp3) is 0.476. The Kier molecular flexibility index (Phi) is 6.61. The molecule has 30 heavy (non-hydrogen) atoms. The minimum atomic E-state index is -0.238. The van der Waals surface area contributed by atoms with Crippen molar-refractivity contribution in [3.05, 3.63) is 51.3 Å². The number of halogens is 2. The van der Waals surface area contributed by atoms with Crippen LogP contribution in [0, 0.1) is 0 Å². The third-order valence-corrected chi connectivity index (χ3v) is 6.36. The molecule has 9 heteroatoms. The third-order valence-electron chi connectivity index (χ3n) is 5.62. The van der Waals surface area contributed by atoms with Gasteiger partial charge in [0.2, 0.25) is 0 Å². The summed E-state index contributed by atoms with van der Waals surface area (Å²) in [6, 6.07) is 6.93. The Bertz CT molecular complexity index is 939. The molecule has 0 saturated carbocycles. The summed E-state index contributed by atoms with van der Waals surface area (Å²) in [6.07, 6.45) is 3.74. The van der Waals surface area contributed by atoms with Crippen LogP contribution in [0.5, 0.6) is 0 Å². The molecule has 1 aromatic heterocycles. The molecule has 7 nitrogen and oxygen atoms in total. The lowest BCUT2D eigenvalue weighted by Crippen LogP contribution is -2.39. The number of fused-ring (bicyclic) bond motifs is 1. The van der Waals surface area contributed by atoms with Crippen LogP contribution in [0.1, 0.15) is 45.8 Å². The minimum absolute atomic E-state index is 0.146. The van der Waals surface area contributed by atoms with E-state index in [0.717, 1.165) is 25.2 Å². The van der Waals surface area contributed by atoms with Gasteiger partial charge in [-0.25, -0.2) is 0 Å². The maximum atomic E-state index is 12.9. The maximum absolute atomic E-state index is 12.9. The number of likely N-dealkylation sites (tertiary alicyclic amines) is 1. The summed E-state index contributed by atoms with van der Waals surface area (Å²) in [5, 5.41) is 8.21. The van der Waals surface area contributed by atoms with Gasteiger partial charge in [0.25, 0.3) is 11.8 Å². The second-order valence-corrected chi connectivity index (χ2v) is 8.59. The summed E-state index contributed by atoms with van der Waals surface area (Å²) < 4.78 is 1.62. The van der Waals surface area contributed by atoms with Gasteiger partial charge in [0, 0.05) is 32.2 Å². The molecule has 0 aliphatic carbocycles. The minimum Gasteiger partial charge on any atom is -0.349 e. The van der Waals surface area contributed by atoms with Crippen molar-refractivity contribution >= 4 is 35.0 Å². The van der Waals surface area contributed by atoms with E-state index in [9.17, 15) is 9.59 Å². The lowest BCUT2D eigenvalue weighted by Gasteiger charge is -2.27. The summed E-state index contributed by atoms with van der Waals surface area (Å²) in [4.78, 5) is 29.5. The second kappa shape index (κ2) is 9.37. The van der Waals surface area contributed by atoms with Crippen molar-refractivity contribution < 1.29 is 9.59 Å². The van der Waals surface area contributed by atoms with Gasteiger partial charge in [0.15, 0.2) is 5.69 Å². The Morgan fingerprint density at radius 3 is 2.60 bits per heavy atom. The zero-order chi connectivity index (χ0) is 21.1. The highest BCUT2D eigenvalue weighted by Crippen LogP contribution is 2.24. The van der Waals surface area contributed by atoms with E-state index in [4.69, 9.17) is 23.2 Å². The monoisotopic (exact) mass is 449 g/mol. The summed E-state index contributed by atoms with van der Waals surface area (Å²) in [7, 11) is 0. The van der Waals surface area contributed by atoms with Crippen molar-refractivity contribution in [2.45, 2.75) is 32.4 Å². The number of piperidine rings is 1. The van der Waals surface area contributed by atoms with Crippen molar-refractivity contribution in [2.75, 3.05) is 32.7 Å². The van der Waals surface area contributed by atoms with Gasteiger partial charge >= 0.3 is 0 Å². The van der Waals surface area contributed by atoms with Crippen molar-refractivity contribution in [2.24, 2.45) is 0 Å². The number of hydrogen-bond donors (Lipinski definition) is 1. The van der Waals surface area contributed by atoms with Gasteiger partial charge < -0.3 is 15.1 Å². The highest BCUT2D eigenvalue weighted by Gasteiger charge is 2.28. The molecule has 2 aliphatic rings. The van der Waals surface area contributed by atoms with Gasteiger partial charge in [-0.05, 0) is 43.6 Å². The summed E-state index contributed by atoms with van der Waals surface area (Å²) in [5.74, 6) is -0.384. The molecule has 1 saturated heterocycles. The molecular formula is C21H25Cl2N5O2. The Labute approximate surface area is 185 Å². The third kappa shape index (κ3) is 4.79. The van der Waals surface area contributed by atoms with Crippen LogP contribution in [0.4, 0.5) is 0 Å². The van der Waals surface area contributed by atoms with Gasteiger partial charge in [-0.3, -0.25) is 14.3 Å². The van der Waals surface area contributed by atoms with Crippen molar-refractivity contribution in [3.8, 4) is 0 Å². The van der Waals surface area contributed by atoms with Crippen LogP contribution in [-0.2, 0) is 13.1 Å². The summed E-state index contributed by atoms with van der Waals surface area (Å²) in [5.41, 5.74) is 1.62. The molecule has 4 rings (SSSR count). The van der Waals surface area contributed by atoms with Gasteiger partial charge in [-0.2, -0.15) is 5.10 Å². The lowest BCUT2D eigenvalue weighted by atomic mass is 10.1. The molecule has 1 aromatic carbocycles. The molecule has 0 bridgehead atoms. The molecule has 0 spiro atoms. The first-order valence-electron chi connectivity index (χ1n) is 10.3. The molecule has 1 fully saturated rings. The fourth-order valence-corrected chi connectivity index (χ4v) is 4.28. The van der Waals surface area contributed by atoms with Gasteiger partial charge in [0.1, 0.15) is 5.69 Å². The number of nitrogens with zero attached hydrogens (tertiary/aromatic N) is 4. The highest BCUT2D eigenvalue weighted by atomic mass is 35.5. The van der Waals surface area contributed by atoms with E-state index in [2.05, 4.69) is 15.3 Å². The number of benzene rings is 1. The van der Waals surface area contributed by atoms with E-state index in [1.54, 1.807) is 27.8 Å². The molecule has 1 N–H and O–H groups in total. The van der Waals surface area contributed by atoms with Crippen molar-refractivity contribution in [1.82, 2.24) is 24.9 Å². The number of aromatic nitrogens is 2. The van der Waals surface area contributed by atoms with E-state index in [1.807, 2.05) is 6.07 Å². The lowest BCUT2D eigenvalue weighted by molar-refractivity contribution is 0.0683. The van der Waals surface area contributed by atoms with Crippen LogP contribution >= 0.6 is 23.2 Å². The quantitative estimate of drug-likeness (QED) is 0.735.